The second kappa shape index (κ2) is 2.86. The summed E-state index contributed by atoms with van der Waals surface area (Å²) >= 11 is 0. The first-order chi connectivity index (χ1) is 2.56. The van der Waals surface area contributed by atoms with E-state index >= 15 is 0 Å². The molecule has 5 heteroatoms. The molecule has 0 amide bonds. The van der Waals surface area contributed by atoms with Crippen molar-refractivity contribution in [2.45, 2.75) is 5.97 Å². The molecule has 0 aromatic rings. The maximum atomic E-state index is 7.88. The van der Waals surface area contributed by atoms with Gasteiger partial charge in [0.2, 0.25) is 0 Å². The molecule has 0 heterocycles. The number of quaternary nitrogens is 1. The summed E-state index contributed by atoms with van der Waals surface area (Å²) in [5.41, 5.74) is 3.01. The van der Waals surface area contributed by atoms with Crippen molar-refractivity contribution >= 4 is 0 Å². The van der Waals surface area contributed by atoms with E-state index in [0.29, 0.717) is 0 Å². The van der Waals surface area contributed by atoms with Crippen molar-refractivity contribution < 1.29 is 25.8 Å². The smallest absolute Gasteiger partial charge is 0.327 e. The summed E-state index contributed by atoms with van der Waals surface area (Å²) in [6, 6.07) is 0. The van der Waals surface area contributed by atoms with E-state index in [0.717, 1.165) is 0 Å². The summed E-state index contributed by atoms with van der Waals surface area (Å²) in [5, 5.41) is 23.6. The lowest BCUT2D eigenvalue weighted by atomic mass is 10.6. The number of halogens is 1. The van der Waals surface area contributed by atoms with Crippen molar-refractivity contribution in [3.63, 3.8) is 0 Å². The highest BCUT2D eigenvalue weighted by molar-refractivity contribution is 4.33. The van der Waals surface area contributed by atoms with Gasteiger partial charge in [-0.15, -0.1) is 0 Å². The van der Waals surface area contributed by atoms with E-state index in [4.69, 9.17) is 15.3 Å². The van der Waals surface area contributed by atoms with Crippen LogP contribution in [0.4, 0.5) is 0 Å². The van der Waals surface area contributed by atoms with Crippen LogP contribution in [-0.2, 0) is 0 Å². The van der Waals surface area contributed by atoms with Crippen LogP contribution in [0.1, 0.15) is 0 Å². The molecular weight excluding hydrogens is 105 g/mol. The van der Waals surface area contributed by atoms with Crippen molar-refractivity contribution in [3.05, 3.63) is 0 Å². The Morgan fingerprint density at radius 3 is 1.43 bits per heavy atom. The Kier molecular flexibility index (Phi) is 4.05. The minimum Gasteiger partial charge on any atom is -1.00 e. The molecule has 0 radical (unpaired) electrons. The van der Waals surface area contributed by atoms with Gasteiger partial charge < -0.3 is 25.8 Å². The minimum absolute atomic E-state index is 0. The topological polar surface area (TPSA) is 88.3 Å². The van der Waals surface area contributed by atoms with Crippen LogP contribution < -0.4 is 10.4 Å². The van der Waals surface area contributed by atoms with Crippen LogP contribution >= 0.6 is 0 Å². The second-order valence-electron chi connectivity index (χ2n) is 1.02. The molecule has 0 aliphatic carbocycles. The third kappa shape index (κ3) is 10.7. The van der Waals surface area contributed by atoms with E-state index in [9.17, 15) is 0 Å². The highest BCUT2D eigenvalue weighted by Gasteiger charge is 2.16. The lowest BCUT2D eigenvalue weighted by Gasteiger charge is -2.05. The molecule has 0 aromatic heterocycles. The van der Waals surface area contributed by atoms with Gasteiger partial charge in [-0.3, -0.25) is 0 Å². The van der Waals surface area contributed by atoms with Gasteiger partial charge in [0.25, 0.3) is 0 Å². The molecule has 6 N–H and O–H groups in total. The quantitative estimate of drug-likeness (QED) is 0.255. The summed E-state index contributed by atoms with van der Waals surface area (Å²) in [5.74, 6) is -2.57. The fourth-order valence-corrected chi connectivity index (χ4v) is 0. The SMILES string of the molecule is [F-].[NH3+]CC(O)(O)O. The van der Waals surface area contributed by atoms with E-state index < -0.39 is 5.97 Å². The Morgan fingerprint density at radius 1 is 1.29 bits per heavy atom. The zero-order valence-corrected chi connectivity index (χ0v) is 3.63. The lowest BCUT2D eigenvalue weighted by Crippen LogP contribution is -3.00. The van der Waals surface area contributed by atoms with Crippen LogP contribution in [0.25, 0.3) is 0 Å². The van der Waals surface area contributed by atoms with Crippen molar-refractivity contribution in [2.24, 2.45) is 0 Å². The highest BCUT2D eigenvalue weighted by Crippen LogP contribution is 1.81. The molecule has 0 aliphatic heterocycles. The van der Waals surface area contributed by atoms with Crippen LogP contribution in [0.3, 0.4) is 0 Å². The van der Waals surface area contributed by atoms with E-state index in [1.165, 1.54) is 0 Å². The molecular formula is C2H8FNO3. The van der Waals surface area contributed by atoms with Crippen molar-refractivity contribution in [3.8, 4) is 0 Å². The molecule has 0 rings (SSSR count). The van der Waals surface area contributed by atoms with Gasteiger partial charge in [-0.1, -0.05) is 0 Å². The maximum absolute atomic E-state index is 7.88. The van der Waals surface area contributed by atoms with Crippen LogP contribution in [-0.4, -0.2) is 27.8 Å². The monoisotopic (exact) mass is 113 g/mol. The third-order valence-electron chi connectivity index (χ3n) is 0.335. The molecule has 0 aromatic carbocycles. The van der Waals surface area contributed by atoms with Crippen molar-refractivity contribution in [2.75, 3.05) is 6.54 Å². The molecule has 0 unspecified atom stereocenters. The first kappa shape index (κ1) is 9.91. The average Bonchev–Trinajstić information content (AvgIpc) is 1.35. The lowest BCUT2D eigenvalue weighted by molar-refractivity contribution is -0.474. The third-order valence-corrected chi connectivity index (χ3v) is 0.335. The van der Waals surface area contributed by atoms with Crippen LogP contribution in [0.5, 0.6) is 0 Å². The molecule has 0 aliphatic rings. The number of hydrogen-bond acceptors (Lipinski definition) is 3. The maximum Gasteiger partial charge on any atom is 0.327 e. The summed E-state index contributed by atoms with van der Waals surface area (Å²) in [7, 11) is 0. The normalized spacial score (nSPS) is 10.3. The van der Waals surface area contributed by atoms with Crippen LogP contribution in [0.2, 0.25) is 0 Å². The zero-order chi connectivity index (χ0) is 5.21. The van der Waals surface area contributed by atoms with E-state index in [2.05, 4.69) is 5.73 Å². The van der Waals surface area contributed by atoms with Gasteiger partial charge in [0.05, 0.1) is 0 Å². The standard InChI is InChI=1S/C2H7NO3.FH/c3-1-2(4,5)6;/h4-6H,1,3H2;1H. The van der Waals surface area contributed by atoms with Gasteiger partial charge >= 0.3 is 5.97 Å². The van der Waals surface area contributed by atoms with Gasteiger partial charge in [0.1, 0.15) is 0 Å². The number of rotatable bonds is 1. The van der Waals surface area contributed by atoms with Crippen LogP contribution in [0, 0.1) is 0 Å². The van der Waals surface area contributed by atoms with Gasteiger partial charge in [0, 0.05) is 0 Å². The summed E-state index contributed by atoms with van der Waals surface area (Å²) in [6.45, 7) is -0.312. The van der Waals surface area contributed by atoms with E-state index in [1.54, 1.807) is 0 Å². The Bertz CT molecular complexity index is 42.7. The molecule has 46 valence electrons. The molecule has 0 spiro atoms. The molecule has 0 atom stereocenters. The minimum atomic E-state index is -2.57. The predicted molar refractivity (Wildman–Crippen MR) is 17.1 cm³/mol. The average molecular weight is 113 g/mol. The summed E-state index contributed by atoms with van der Waals surface area (Å²) in [6.07, 6.45) is 0. The van der Waals surface area contributed by atoms with E-state index in [-0.39, 0.29) is 11.2 Å². The first-order valence-corrected chi connectivity index (χ1v) is 1.52. The Hall–Kier alpha value is -0.230. The molecule has 4 nitrogen and oxygen atoms in total. The molecule has 7 heavy (non-hydrogen) atoms. The van der Waals surface area contributed by atoms with Crippen molar-refractivity contribution in [1.82, 2.24) is 0 Å². The van der Waals surface area contributed by atoms with Crippen LogP contribution in [0.15, 0.2) is 0 Å². The molecule has 0 saturated carbocycles. The Morgan fingerprint density at radius 2 is 1.43 bits per heavy atom. The number of aliphatic hydroxyl groups is 3. The molecule has 0 saturated heterocycles. The largest absolute Gasteiger partial charge is 1.00 e. The zero-order valence-electron chi connectivity index (χ0n) is 3.63. The van der Waals surface area contributed by atoms with Gasteiger partial charge in [-0.2, -0.15) is 0 Å². The van der Waals surface area contributed by atoms with E-state index in [1.807, 2.05) is 0 Å². The second-order valence-corrected chi connectivity index (χ2v) is 1.02. The molecule has 0 bridgehead atoms. The summed E-state index contributed by atoms with van der Waals surface area (Å²) < 4.78 is 0. The van der Waals surface area contributed by atoms with Gasteiger partial charge in [-0.05, 0) is 0 Å². The van der Waals surface area contributed by atoms with Gasteiger partial charge in [0.15, 0.2) is 6.54 Å². The Balaban J connectivity index is 0. The fraction of sp³-hybridized carbons (Fsp3) is 1.00. The van der Waals surface area contributed by atoms with Crippen molar-refractivity contribution in [1.29, 1.82) is 0 Å². The Labute approximate surface area is 39.6 Å². The fourth-order valence-electron chi connectivity index (χ4n) is 0. The highest BCUT2D eigenvalue weighted by atomic mass is 19.0. The predicted octanol–water partition coefficient (Wildman–Crippen LogP) is -6.14. The summed E-state index contributed by atoms with van der Waals surface area (Å²) in [4.78, 5) is 0. The number of hydrogen-bond donors (Lipinski definition) is 4. The first-order valence-electron chi connectivity index (χ1n) is 1.52. The van der Waals surface area contributed by atoms with Gasteiger partial charge in [-0.25, -0.2) is 0 Å². The molecule has 0 fully saturated rings.